The molecule has 0 bridgehead atoms. The van der Waals surface area contributed by atoms with Crippen LogP contribution in [0.2, 0.25) is 0 Å². The SMILES string of the molecule is C[C@@H]1O[C@H](Nc2ncccn2)[C@H](O)[C@H](O)[C@H]1N. The number of nitrogens with one attached hydrogen (secondary N) is 1. The fourth-order valence-electron chi connectivity index (χ4n) is 1.71. The first kappa shape index (κ1) is 12.2. The Kier molecular flexibility index (Phi) is 3.53. The maximum Gasteiger partial charge on any atom is 0.224 e. The molecule has 7 nitrogen and oxygen atoms in total. The summed E-state index contributed by atoms with van der Waals surface area (Å²) in [5, 5.41) is 22.3. The molecule has 5 N–H and O–H groups in total. The molecule has 5 atom stereocenters. The van der Waals surface area contributed by atoms with Crippen molar-refractivity contribution in [1.82, 2.24) is 9.97 Å². The zero-order valence-electron chi connectivity index (χ0n) is 9.39. The molecule has 0 amide bonds. The highest BCUT2D eigenvalue weighted by Crippen LogP contribution is 2.20. The smallest absolute Gasteiger partial charge is 0.224 e. The lowest BCUT2D eigenvalue weighted by Crippen LogP contribution is -2.62. The number of aliphatic hydroxyl groups excluding tert-OH is 2. The molecule has 0 spiro atoms. The molecule has 94 valence electrons. The lowest BCUT2D eigenvalue weighted by molar-refractivity contribution is -0.163. The zero-order valence-corrected chi connectivity index (χ0v) is 9.39. The normalized spacial score (nSPS) is 37.8. The minimum atomic E-state index is -1.12. The third-order valence-corrected chi connectivity index (χ3v) is 2.79. The van der Waals surface area contributed by atoms with Crippen LogP contribution in [0.15, 0.2) is 18.5 Å². The number of hydrogen-bond donors (Lipinski definition) is 4. The van der Waals surface area contributed by atoms with E-state index < -0.39 is 24.5 Å². The zero-order chi connectivity index (χ0) is 12.4. The van der Waals surface area contributed by atoms with Gasteiger partial charge >= 0.3 is 0 Å². The lowest BCUT2D eigenvalue weighted by Gasteiger charge is -2.40. The summed E-state index contributed by atoms with van der Waals surface area (Å²) in [6, 6.07) is 1.07. The number of nitrogens with zero attached hydrogens (tertiary/aromatic N) is 2. The molecule has 2 heterocycles. The fourth-order valence-corrected chi connectivity index (χ4v) is 1.71. The number of nitrogens with two attached hydrogens (primary N) is 1. The maximum atomic E-state index is 9.81. The van der Waals surface area contributed by atoms with E-state index in [1.165, 1.54) is 0 Å². The van der Waals surface area contributed by atoms with Crippen molar-refractivity contribution in [3.63, 3.8) is 0 Å². The summed E-state index contributed by atoms with van der Waals surface area (Å²) in [6.45, 7) is 1.74. The van der Waals surface area contributed by atoms with Crippen LogP contribution in [-0.4, -0.2) is 50.8 Å². The molecule has 1 aromatic heterocycles. The molecule has 1 aliphatic heterocycles. The van der Waals surface area contributed by atoms with Crippen LogP contribution in [0, 0.1) is 0 Å². The highest BCUT2D eigenvalue weighted by atomic mass is 16.5. The van der Waals surface area contributed by atoms with Crippen molar-refractivity contribution < 1.29 is 14.9 Å². The molecule has 1 aromatic rings. The van der Waals surface area contributed by atoms with Crippen LogP contribution in [0.3, 0.4) is 0 Å². The van der Waals surface area contributed by atoms with E-state index >= 15 is 0 Å². The van der Waals surface area contributed by atoms with Crippen LogP contribution in [0.1, 0.15) is 6.92 Å². The Morgan fingerprint density at radius 2 is 1.94 bits per heavy atom. The van der Waals surface area contributed by atoms with Gasteiger partial charge < -0.3 is 26.0 Å². The minimum Gasteiger partial charge on any atom is -0.389 e. The van der Waals surface area contributed by atoms with Gasteiger partial charge in [-0.1, -0.05) is 0 Å². The van der Waals surface area contributed by atoms with Crippen molar-refractivity contribution >= 4 is 5.95 Å². The Morgan fingerprint density at radius 3 is 2.59 bits per heavy atom. The van der Waals surface area contributed by atoms with E-state index in [0.717, 1.165) is 0 Å². The van der Waals surface area contributed by atoms with Gasteiger partial charge in [0, 0.05) is 12.4 Å². The van der Waals surface area contributed by atoms with E-state index in [0.29, 0.717) is 5.95 Å². The average molecular weight is 240 g/mol. The predicted molar refractivity (Wildman–Crippen MR) is 60.0 cm³/mol. The number of anilines is 1. The molecule has 1 aliphatic rings. The van der Waals surface area contributed by atoms with Gasteiger partial charge in [-0.15, -0.1) is 0 Å². The minimum absolute atomic E-state index is 0.325. The Morgan fingerprint density at radius 1 is 1.29 bits per heavy atom. The Balaban J connectivity index is 2.06. The number of ether oxygens (including phenoxy) is 1. The van der Waals surface area contributed by atoms with E-state index in [2.05, 4.69) is 15.3 Å². The van der Waals surface area contributed by atoms with Crippen molar-refractivity contribution in [2.75, 3.05) is 5.32 Å². The summed E-state index contributed by atoms with van der Waals surface area (Å²) in [6.07, 6.45) is -0.173. The van der Waals surface area contributed by atoms with Crippen LogP contribution in [0.4, 0.5) is 5.95 Å². The Labute approximate surface area is 98.6 Å². The molecule has 17 heavy (non-hydrogen) atoms. The summed E-state index contributed by atoms with van der Waals surface area (Å²) in [5.41, 5.74) is 5.67. The van der Waals surface area contributed by atoms with E-state index in [-0.39, 0.29) is 6.10 Å². The summed E-state index contributed by atoms with van der Waals surface area (Å²) in [7, 11) is 0. The number of aliphatic hydroxyl groups is 2. The molecular weight excluding hydrogens is 224 g/mol. The van der Waals surface area contributed by atoms with E-state index in [1.54, 1.807) is 25.4 Å². The molecule has 1 fully saturated rings. The van der Waals surface area contributed by atoms with Gasteiger partial charge in [0.1, 0.15) is 12.2 Å². The summed E-state index contributed by atoms with van der Waals surface area (Å²) in [5.74, 6) is 0.325. The largest absolute Gasteiger partial charge is 0.389 e. The van der Waals surface area contributed by atoms with Gasteiger partial charge in [0.2, 0.25) is 5.95 Å². The molecule has 0 saturated carbocycles. The van der Waals surface area contributed by atoms with Crippen molar-refractivity contribution in [3.05, 3.63) is 18.5 Å². The van der Waals surface area contributed by atoms with Crippen molar-refractivity contribution in [2.45, 2.75) is 37.5 Å². The highest BCUT2D eigenvalue weighted by molar-refractivity contribution is 5.24. The van der Waals surface area contributed by atoms with E-state index in [9.17, 15) is 10.2 Å². The predicted octanol–water partition coefficient (Wildman–Crippen LogP) is -1.32. The van der Waals surface area contributed by atoms with Gasteiger partial charge in [-0.25, -0.2) is 9.97 Å². The Hall–Kier alpha value is -1.28. The summed E-state index contributed by atoms with van der Waals surface area (Å²) < 4.78 is 5.46. The average Bonchev–Trinajstić information content (AvgIpc) is 2.35. The van der Waals surface area contributed by atoms with Gasteiger partial charge in [-0.05, 0) is 13.0 Å². The van der Waals surface area contributed by atoms with Gasteiger partial charge in [0.05, 0.1) is 12.1 Å². The third-order valence-electron chi connectivity index (χ3n) is 2.79. The molecule has 0 aromatic carbocycles. The summed E-state index contributed by atoms with van der Waals surface area (Å²) >= 11 is 0. The number of hydrogen-bond acceptors (Lipinski definition) is 7. The molecule has 0 aliphatic carbocycles. The van der Waals surface area contributed by atoms with Gasteiger partial charge in [0.25, 0.3) is 0 Å². The van der Waals surface area contributed by atoms with Gasteiger partial charge in [-0.3, -0.25) is 0 Å². The maximum absolute atomic E-state index is 9.81. The van der Waals surface area contributed by atoms with Crippen LogP contribution in [0.5, 0.6) is 0 Å². The molecule has 2 rings (SSSR count). The van der Waals surface area contributed by atoms with Gasteiger partial charge in [-0.2, -0.15) is 0 Å². The molecular formula is C10H16N4O3. The molecule has 0 radical (unpaired) electrons. The number of rotatable bonds is 2. The van der Waals surface area contributed by atoms with Crippen LogP contribution < -0.4 is 11.1 Å². The third kappa shape index (κ3) is 2.52. The quantitative estimate of drug-likeness (QED) is 0.507. The lowest BCUT2D eigenvalue weighted by atomic mass is 9.97. The first-order valence-corrected chi connectivity index (χ1v) is 5.40. The first-order chi connectivity index (χ1) is 8.09. The van der Waals surface area contributed by atoms with Crippen molar-refractivity contribution in [1.29, 1.82) is 0 Å². The second kappa shape index (κ2) is 4.92. The van der Waals surface area contributed by atoms with Gasteiger partial charge in [0.15, 0.2) is 6.23 Å². The topological polar surface area (TPSA) is 114 Å². The standard InChI is InChI=1S/C10H16N4O3/c1-5-6(11)7(15)8(16)9(17-5)14-10-12-3-2-4-13-10/h2-9,15-16H,11H2,1H3,(H,12,13,14)/t5-,6-,7+,8+,9-/m0/s1. The second-order valence-corrected chi connectivity index (χ2v) is 4.04. The van der Waals surface area contributed by atoms with Crippen molar-refractivity contribution in [2.24, 2.45) is 5.73 Å². The molecule has 7 heteroatoms. The second-order valence-electron chi connectivity index (χ2n) is 4.04. The highest BCUT2D eigenvalue weighted by Gasteiger charge is 2.40. The van der Waals surface area contributed by atoms with E-state index in [4.69, 9.17) is 10.5 Å². The van der Waals surface area contributed by atoms with Crippen LogP contribution >= 0.6 is 0 Å². The molecule has 0 unspecified atom stereocenters. The van der Waals surface area contributed by atoms with Crippen LogP contribution in [0.25, 0.3) is 0 Å². The summed E-state index contributed by atoms with van der Waals surface area (Å²) in [4.78, 5) is 7.90. The van der Waals surface area contributed by atoms with Crippen LogP contribution in [-0.2, 0) is 4.74 Å². The number of aromatic nitrogens is 2. The Bertz CT molecular complexity index is 364. The fraction of sp³-hybridized carbons (Fsp3) is 0.600. The van der Waals surface area contributed by atoms with E-state index in [1.807, 2.05) is 0 Å². The van der Waals surface area contributed by atoms with Crippen molar-refractivity contribution in [3.8, 4) is 0 Å². The first-order valence-electron chi connectivity index (χ1n) is 5.40. The monoisotopic (exact) mass is 240 g/mol. The molecule has 1 saturated heterocycles.